The fraction of sp³-hybridized carbons (Fsp3) is 0.0714. The van der Waals surface area contributed by atoms with Crippen molar-refractivity contribution in [2.45, 2.75) is 16.7 Å². The third kappa shape index (κ3) is 5.43. The molecule has 0 N–H and O–H groups in total. The summed E-state index contributed by atoms with van der Waals surface area (Å²) in [6, 6.07) is 25.7. The zero-order valence-corrected chi connectivity index (χ0v) is 22.6. The molecule has 0 atom stereocenters. The Morgan fingerprint density at radius 2 is 1.62 bits per heavy atom. The predicted molar refractivity (Wildman–Crippen MR) is 153 cm³/mol. The van der Waals surface area contributed by atoms with Crippen LogP contribution < -0.4 is 4.90 Å². The number of amides is 1. The van der Waals surface area contributed by atoms with Crippen molar-refractivity contribution >= 4 is 75.4 Å². The van der Waals surface area contributed by atoms with Gasteiger partial charge in [-0.05, 0) is 61.0 Å². The Labute approximate surface area is 233 Å². The van der Waals surface area contributed by atoms with Gasteiger partial charge in [0.05, 0.1) is 32.0 Å². The number of aliphatic imine (C=N–C) groups is 1. The van der Waals surface area contributed by atoms with Crippen LogP contribution in [0.3, 0.4) is 0 Å². The molecule has 1 heterocycles. The van der Waals surface area contributed by atoms with Gasteiger partial charge in [0.15, 0.2) is 5.84 Å². The Kier molecular flexibility index (Phi) is 7.63. The van der Waals surface area contributed by atoms with E-state index in [4.69, 9.17) is 34.8 Å². The monoisotopic (exact) mass is 564 g/mol. The van der Waals surface area contributed by atoms with Gasteiger partial charge < -0.3 is 0 Å². The minimum atomic E-state index is -0.275. The number of rotatable bonds is 4. The maximum Gasteiger partial charge on any atom is 0.253 e. The number of nitrogens with zero attached hydrogens (tertiary/aromatic N) is 4. The number of azo groups is 1. The van der Waals surface area contributed by atoms with Gasteiger partial charge in [-0.25, -0.2) is 0 Å². The molecule has 0 spiro atoms. The number of hydrogen-bond donors (Lipinski definition) is 0. The van der Waals surface area contributed by atoms with E-state index in [1.54, 1.807) is 35.2 Å². The van der Waals surface area contributed by atoms with Crippen molar-refractivity contribution in [3.8, 4) is 0 Å². The second-order valence-electron chi connectivity index (χ2n) is 8.14. The zero-order valence-electron chi connectivity index (χ0n) is 19.5. The van der Waals surface area contributed by atoms with Crippen molar-refractivity contribution in [2.75, 3.05) is 11.4 Å². The number of aryl methyl sites for hydroxylation is 1. The Morgan fingerprint density at radius 1 is 0.865 bits per heavy atom. The van der Waals surface area contributed by atoms with Gasteiger partial charge in [-0.1, -0.05) is 83.0 Å². The summed E-state index contributed by atoms with van der Waals surface area (Å²) in [5, 5.41) is 10.3. The van der Waals surface area contributed by atoms with Gasteiger partial charge in [-0.2, -0.15) is 0 Å². The number of benzene rings is 4. The lowest BCUT2D eigenvalue weighted by atomic mass is 10.2. The molecule has 0 saturated heterocycles. The van der Waals surface area contributed by atoms with Crippen LogP contribution in [0.4, 0.5) is 17.1 Å². The molecule has 1 aliphatic rings. The molecule has 0 radical (unpaired) electrons. The fourth-order valence-corrected chi connectivity index (χ4v) is 5.55. The van der Waals surface area contributed by atoms with Gasteiger partial charge in [-0.15, -0.1) is 10.2 Å². The van der Waals surface area contributed by atoms with Crippen LogP contribution in [0, 0.1) is 6.92 Å². The van der Waals surface area contributed by atoms with E-state index in [-0.39, 0.29) is 18.3 Å². The van der Waals surface area contributed by atoms with E-state index in [9.17, 15) is 4.79 Å². The lowest BCUT2D eigenvalue weighted by Crippen LogP contribution is -2.30. The van der Waals surface area contributed by atoms with Crippen molar-refractivity contribution in [1.82, 2.24) is 0 Å². The predicted octanol–water partition coefficient (Wildman–Crippen LogP) is 9.32. The number of halogens is 3. The van der Waals surface area contributed by atoms with Gasteiger partial charge >= 0.3 is 0 Å². The molecule has 0 saturated carbocycles. The molecule has 0 aliphatic carbocycles. The Balaban J connectivity index is 1.54. The number of fused-ring (bicyclic) bond motifs is 2. The second kappa shape index (κ2) is 11.1. The first kappa shape index (κ1) is 25.5. The summed E-state index contributed by atoms with van der Waals surface area (Å²) in [5.74, 6) is -0.0193. The molecule has 0 bridgehead atoms. The number of hydrogen-bond acceptors (Lipinski definition) is 4. The molecule has 9 heteroatoms. The van der Waals surface area contributed by atoms with Crippen LogP contribution in [0.2, 0.25) is 15.1 Å². The van der Waals surface area contributed by atoms with E-state index in [1.165, 1.54) is 11.8 Å². The highest BCUT2D eigenvalue weighted by Crippen LogP contribution is 2.51. The van der Waals surface area contributed by atoms with Crippen molar-refractivity contribution < 1.29 is 4.79 Å². The van der Waals surface area contributed by atoms with Crippen molar-refractivity contribution in [3.63, 3.8) is 0 Å². The molecule has 4 aromatic rings. The SMILES string of the molecule is Cc1ccccc1N=NC(=NCC(=O)N1c2cc(Cl)ccc2Sc2c(Cl)cccc21)c1ccccc1Cl. The first-order valence-corrected chi connectivity index (χ1v) is 13.2. The topological polar surface area (TPSA) is 57.4 Å². The molecule has 37 heavy (non-hydrogen) atoms. The van der Waals surface area contributed by atoms with Gasteiger partial charge in [0.1, 0.15) is 6.54 Å². The molecule has 184 valence electrons. The van der Waals surface area contributed by atoms with E-state index in [0.717, 1.165) is 15.4 Å². The van der Waals surface area contributed by atoms with E-state index in [0.29, 0.717) is 37.7 Å². The Morgan fingerprint density at radius 3 is 2.43 bits per heavy atom. The first-order chi connectivity index (χ1) is 17.9. The Bertz CT molecular complexity index is 1570. The fourth-order valence-electron chi connectivity index (χ4n) is 3.84. The van der Waals surface area contributed by atoms with Gasteiger partial charge in [0.2, 0.25) is 0 Å². The Hall–Kier alpha value is -3.16. The van der Waals surface area contributed by atoms with Crippen molar-refractivity contribution in [1.29, 1.82) is 0 Å². The van der Waals surface area contributed by atoms with Crippen LogP contribution in [0.5, 0.6) is 0 Å². The molecular formula is C28H19Cl3N4OS. The van der Waals surface area contributed by atoms with E-state index < -0.39 is 0 Å². The quantitative estimate of drug-likeness (QED) is 0.141. The summed E-state index contributed by atoms with van der Waals surface area (Å²) in [6.45, 7) is 1.75. The molecule has 0 unspecified atom stereocenters. The van der Waals surface area contributed by atoms with Crippen molar-refractivity contribution in [2.24, 2.45) is 15.2 Å². The van der Waals surface area contributed by atoms with E-state index in [2.05, 4.69) is 15.2 Å². The number of amidine groups is 1. The number of carbonyl (C=O) groups excluding carboxylic acids is 1. The summed E-state index contributed by atoms with van der Waals surface area (Å²) in [7, 11) is 0. The average molecular weight is 566 g/mol. The van der Waals surface area contributed by atoms with Crippen LogP contribution in [-0.2, 0) is 4.79 Å². The molecule has 0 fully saturated rings. The molecule has 5 nitrogen and oxygen atoms in total. The van der Waals surface area contributed by atoms with Gasteiger partial charge in [0.25, 0.3) is 5.91 Å². The summed E-state index contributed by atoms with van der Waals surface area (Å²) in [4.78, 5) is 21.6. The summed E-state index contributed by atoms with van der Waals surface area (Å²) < 4.78 is 0. The molecule has 1 amide bonds. The largest absolute Gasteiger partial charge is 0.277 e. The number of carbonyl (C=O) groups is 1. The van der Waals surface area contributed by atoms with Crippen LogP contribution in [-0.4, -0.2) is 18.3 Å². The van der Waals surface area contributed by atoms with Gasteiger partial charge in [0, 0.05) is 15.5 Å². The minimum Gasteiger partial charge on any atom is -0.277 e. The lowest BCUT2D eigenvalue weighted by molar-refractivity contribution is -0.116. The first-order valence-electron chi connectivity index (χ1n) is 11.3. The summed E-state index contributed by atoms with van der Waals surface area (Å²) in [6.07, 6.45) is 0. The van der Waals surface area contributed by atoms with E-state index >= 15 is 0 Å². The molecular weight excluding hydrogens is 547 g/mol. The molecule has 5 rings (SSSR count). The van der Waals surface area contributed by atoms with E-state index in [1.807, 2.05) is 61.5 Å². The highest BCUT2D eigenvalue weighted by molar-refractivity contribution is 7.99. The number of anilines is 2. The lowest BCUT2D eigenvalue weighted by Gasteiger charge is -2.31. The van der Waals surface area contributed by atoms with Crippen LogP contribution in [0.1, 0.15) is 11.1 Å². The smallest absolute Gasteiger partial charge is 0.253 e. The summed E-state index contributed by atoms with van der Waals surface area (Å²) in [5.41, 5.74) is 3.60. The maximum atomic E-state index is 13.7. The molecule has 0 aromatic heterocycles. The summed E-state index contributed by atoms with van der Waals surface area (Å²) >= 11 is 20.7. The maximum absolute atomic E-state index is 13.7. The minimum absolute atomic E-state index is 0.198. The van der Waals surface area contributed by atoms with Crippen LogP contribution >= 0.6 is 46.6 Å². The normalized spacial score (nSPS) is 13.0. The second-order valence-corrected chi connectivity index (χ2v) is 10.4. The zero-order chi connectivity index (χ0) is 25.9. The highest BCUT2D eigenvalue weighted by Gasteiger charge is 2.29. The molecule has 4 aromatic carbocycles. The van der Waals surface area contributed by atoms with Gasteiger partial charge in [-0.3, -0.25) is 14.7 Å². The third-order valence-electron chi connectivity index (χ3n) is 5.66. The average Bonchev–Trinajstić information content (AvgIpc) is 2.89. The van der Waals surface area contributed by atoms with Crippen molar-refractivity contribution in [3.05, 3.63) is 111 Å². The molecule has 1 aliphatic heterocycles. The third-order valence-corrected chi connectivity index (χ3v) is 7.85. The van der Waals surface area contributed by atoms with Crippen LogP contribution in [0.25, 0.3) is 0 Å². The standard InChI is InChI=1S/C28H19Cl3N4OS/c1-17-7-2-5-11-22(17)33-34-28(19-8-3-4-9-20(19)30)32-16-26(36)35-23-12-6-10-21(31)27(23)37-25-14-13-18(29)15-24(25)35/h2-15H,16H2,1H3. The van der Waals surface area contributed by atoms with Crippen LogP contribution in [0.15, 0.2) is 110 Å². The highest BCUT2D eigenvalue weighted by atomic mass is 35.5.